The van der Waals surface area contributed by atoms with Gasteiger partial charge in [0.05, 0.1) is 12.4 Å². The number of nitrogens with zero attached hydrogens (tertiary/aromatic N) is 1. The van der Waals surface area contributed by atoms with Gasteiger partial charge in [0.1, 0.15) is 0 Å². The van der Waals surface area contributed by atoms with Crippen LogP contribution in [-0.4, -0.2) is 30.1 Å². The SMILES string of the molecule is CCC(C)C1=CC=C(OCCC(C)c2cccc(-c3ccc4[nH]cc(CCN(C)Cc5ccc(C(C)C)cc5)c4c3)c2)C(C)C1. The first-order valence-electron chi connectivity index (χ1n) is 17.2. The van der Waals surface area contributed by atoms with Crippen molar-refractivity contribution in [2.45, 2.75) is 85.6 Å². The van der Waals surface area contributed by atoms with Gasteiger partial charge in [-0.2, -0.15) is 0 Å². The van der Waals surface area contributed by atoms with Gasteiger partial charge in [0.2, 0.25) is 0 Å². The van der Waals surface area contributed by atoms with E-state index in [-0.39, 0.29) is 0 Å². The Morgan fingerprint density at radius 2 is 1.67 bits per heavy atom. The van der Waals surface area contributed by atoms with E-state index in [9.17, 15) is 0 Å². The number of hydrogen-bond donors (Lipinski definition) is 1. The van der Waals surface area contributed by atoms with Gasteiger partial charge in [0, 0.05) is 36.1 Å². The summed E-state index contributed by atoms with van der Waals surface area (Å²) in [4.78, 5) is 5.93. The topological polar surface area (TPSA) is 28.3 Å². The number of H-pyrrole nitrogens is 1. The molecule has 0 aliphatic heterocycles. The molecule has 0 radical (unpaired) electrons. The van der Waals surface area contributed by atoms with Gasteiger partial charge < -0.3 is 14.6 Å². The predicted octanol–water partition coefficient (Wildman–Crippen LogP) is 11.0. The molecule has 1 aliphatic rings. The van der Waals surface area contributed by atoms with Crippen LogP contribution in [-0.2, 0) is 17.7 Å². The third-order valence-electron chi connectivity index (χ3n) is 9.97. The summed E-state index contributed by atoms with van der Waals surface area (Å²) in [5.74, 6) is 3.27. The molecular formula is C42H54N2O. The lowest BCUT2D eigenvalue weighted by atomic mass is 9.86. The maximum absolute atomic E-state index is 6.31. The van der Waals surface area contributed by atoms with E-state index in [1.165, 1.54) is 50.7 Å². The highest BCUT2D eigenvalue weighted by molar-refractivity contribution is 5.88. The number of aromatic amines is 1. The zero-order valence-corrected chi connectivity index (χ0v) is 28.7. The number of aromatic nitrogens is 1. The largest absolute Gasteiger partial charge is 0.498 e. The molecule has 5 rings (SSSR count). The van der Waals surface area contributed by atoms with Crippen LogP contribution >= 0.6 is 0 Å². The molecule has 0 spiro atoms. The summed E-state index contributed by atoms with van der Waals surface area (Å²) in [5, 5.41) is 1.33. The molecule has 0 bridgehead atoms. The average Bonchev–Trinajstić information content (AvgIpc) is 3.46. The number of allylic oxidation sites excluding steroid dienone is 4. The summed E-state index contributed by atoms with van der Waals surface area (Å²) in [7, 11) is 2.22. The van der Waals surface area contributed by atoms with Crippen LogP contribution in [0.15, 0.2) is 96.4 Å². The molecule has 45 heavy (non-hydrogen) atoms. The lowest BCUT2D eigenvalue weighted by molar-refractivity contribution is 0.170. The second-order valence-electron chi connectivity index (χ2n) is 13.8. The Labute approximate surface area is 272 Å². The third kappa shape index (κ3) is 8.38. The van der Waals surface area contributed by atoms with Gasteiger partial charge >= 0.3 is 0 Å². The minimum Gasteiger partial charge on any atom is -0.498 e. The summed E-state index contributed by atoms with van der Waals surface area (Å²) < 4.78 is 6.31. The average molecular weight is 603 g/mol. The van der Waals surface area contributed by atoms with E-state index in [1.54, 1.807) is 5.57 Å². The number of rotatable bonds is 14. The quantitative estimate of drug-likeness (QED) is 0.155. The van der Waals surface area contributed by atoms with Gasteiger partial charge in [-0.1, -0.05) is 108 Å². The lowest BCUT2D eigenvalue weighted by Crippen LogP contribution is -2.20. The molecular weight excluding hydrogens is 548 g/mol. The minimum atomic E-state index is 0.430. The summed E-state index contributed by atoms with van der Waals surface area (Å²) in [6.07, 6.45) is 11.1. The Kier molecular flexibility index (Phi) is 11.0. The molecule has 1 aliphatic carbocycles. The second kappa shape index (κ2) is 15.1. The van der Waals surface area contributed by atoms with Crippen LogP contribution in [0, 0.1) is 11.8 Å². The Bertz CT molecular complexity index is 1610. The van der Waals surface area contributed by atoms with E-state index < -0.39 is 0 Å². The number of benzene rings is 3. The van der Waals surface area contributed by atoms with Gasteiger partial charge in [-0.3, -0.25) is 0 Å². The number of ether oxygens (including phenoxy) is 1. The fourth-order valence-electron chi connectivity index (χ4n) is 6.51. The van der Waals surface area contributed by atoms with Crippen LogP contribution in [0.3, 0.4) is 0 Å². The van der Waals surface area contributed by atoms with Crippen molar-refractivity contribution in [3.8, 4) is 11.1 Å². The predicted molar refractivity (Wildman–Crippen MR) is 193 cm³/mol. The fourth-order valence-corrected chi connectivity index (χ4v) is 6.51. The van der Waals surface area contributed by atoms with Crippen molar-refractivity contribution in [2.24, 2.45) is 11.8 Å². The highest BCUT2D eigenvalue weighted by atomic mass is 16.5. The van der Waals surface area contributed by atoms with E-state index in [4.69, 9.17) is 4.74 Å². The Balaban J connectivity index is 1.19. The monoisotopic (exact) mass is 602 g/mol. The van der Waals surface area contributed by atoms with E-state index in [0.29, 0.717) is 23.7 Å². The van der Waals surface area contributed by atoms with E-state index in [0.717, 1.165) is 44.7 Å². The van der Waals surface area contributed by atoms with Crippen molar-refractivity contribution in [2.75, 3.05) is 20.2 Å². The molecule has 3 atom stereocenters. The number of nitrogens with one attached hydrogen (secondary N) is 1. The van der Waals surface area contributed by atoms with Gasteiger partial charge in [-0.05, 0) is 102 Å². The Hall–Kier alpha value is -3.56. The Morgan fingerprint density at radius 3 is 2.40 bits per heavy atom. The van der Waals surface area contributed by atoms with Gasteiger partial charge in [0.25, 0.3) is 0 Å². The van der Waals surface area contributed by atoms with Crippen molar-refractivity contribution in [1.82, 2.24) is 9.88 Å². The highest BCUT2D eigenvalue weighted by Crippen LogP contribution is 2.33. The van der Waals surface area contributed by atoms with Gasteiger partial charge in [0.15, 0.2) is 0 Å². The normalized spacial score (nSPS) is 16.6. The van der Waals surface area contributed by atoms with Crippen LogP contribution in [0.2, 0.25) is 0 Å². The first-order chi connectivity index (χ1) is 21.7. The molecule has 238 valence electrons. The highest BCUT2D eigenvalue weighted by Gasteiger charge is 2.19. The first kappa shape index (κ1) is 32.8. The molecule has 0 saturated carbocycles. The maximum Gasteiger partial charge on any atom is 0.0990 e. The summed E-state index contributed by atoms with van der Waals surface area (Å²) in [6.45, 7) is 16.5. The molecule has 3 heteroatoms. The fraction of sp³-hybridized carbons (Fsp3) is 0.429. The van der Waals surface area contributed by atoms with Crippen LogP contribution in [0.25, 0.3) is 22.0 Å². The van der Waals surface area contributed by atoms with Crippen LogP contribution in [0.1, 0.15) is 94.9 Å². The molecule has 1 heterocycles. The van der Waals surface area contributed by atoms with Crippen molar-refractivity contribution >= 4 is 10.9 Å². The minimum absolute atomic E-state index is 0.430. The van der Waals surface area contributed by atoms with E-state index in [1.807, 2.05) is 0 Å². The van der Waals surface area contributed by atoms with Crippen molar-refractivity contribution < 1.29 is 4.74 Å². The van der Waals surface area contributed by atoms with Crippen LogP contribution in [0.4, 0.5) is 0 Å². The van der Waals surface area contributed by atoms with Gasteiger partial charge in [-0.25, -0.2) is 0 Å². The summed E-state index contributed by atoms with van der Waals surface area (Å²) in [6, 6.07) is 25.1. The molecule has 0 amide bonds. The molecule has 1 aromatic heterocycles. The van der Waals surface area contributed by atoms with Gasteiger partial charge in [-0.15, -0.1) is 0 Å². The lowest BCUT2D eigenvalue weighted by Gasteiger charge is -2.25. The zero-order chi connectivity index (χ0) is 31.9. The first-order valence-corrected chi connectivity index (χ1v) is 17.2. The molecule has 0 saturated heterocycles. The smallest absolute Gasteiger partial charge is 0.0990 e. The summed E-state index contributed by atoms with van der Waals surface area (Å²) in [5.41, 5.74) is 10.9. The standard InChI is InChI=1S/C42H54N2O/c1-8-30(4)36-17-19-42(32(6)24-36)45-23-21-31(5)35-10-9-11-37(25-35)38-16-18-41-40(26-38)39(27-43-41)20-22-44(7)28-33-12-14-34(15-13-33)29(2)3/h9-19,25-27,29-32,43H,8,20-24,28H2,1-7H3. The van der Waals surface area contributed by atoms with E-state index in [2.05, 4.69) is 144 Å². The van der Waals surface area contributed by atoms with Crippen molar-refractivity contribution in [3.05, 3.63) is 119 Å². The number of hydrogen-bond acceptors (Lipinski definition) is 2. The Morgan fingerprint density at radius 1 is 0.889 bits per heavy atom. The molecule has 0 fully saturated rings. The molecule has 3 nitrogen and oxygen atoms in total. The third-order valence-corrected chi connectivity index (χ3v) is 9.97. The molecule has 3 aromatic carbocycles. The van der Waals surface area contributed by atoms with Crippen molar-refractivity contribution in [3.63, 3.8) is 0 Å². The van der Waals surface area contributed by atoms with Crippen LogP contribution in [0.5, 0.6) is 0 Å². The molecule has 1 N–H and O–H groups in total. The van der Waals surface area contributed by atoms with Crippen LogP contribution < -0.4 is 0 Å². The van der Waals surface area contributed by atoms with Crippen molar-refractivity contribution in [1.29, 1.82) is 0 Å². The molecule has 4 aromatic rings. The summed E-state index contributed by atoms with van der Waals surface area (Å²) >= 11 is 0. The second-order valence-corrected chi connectivity index (χ2v) is 13.8. The number of fused-ring (bicyclic) bond motifs is 1. The zero-order valence-electron chi connectivity index (χ0n) is 28.7. The maximum atomic E-state index is 6.31. The number of likely N-dealkylation sites (N-methyl/N-ethyl adjacent to an activating group) is 1. The van der Waals surface area contributed by atoms with E-state index >= 15 is 0 Å². The molecule has 3 unspecified atom stereocenters.